The predicted octanol–water partition coefficient (Wildman–Crippen LogP) is 1.51. The molecule has 28 heavy (non-hydrogen) atoms. The van der Waals surface area contributed by atoms with Crippen LogP contribution in [0.4, 0.5) is 5.82 Å². The molecule has 0 aliphatic carbocycles. The fourth-order valence-electron chi connectivity index (χ4n) is 3.26. The van der Waals surface area contributed by atoms with Crippen LogP contribution in [-0.4, -0.2) is 79.5 Å². The zero-order chi connectivity index (χ0) is 21.1. The van der Waals surface area contributed by atoms with Gasteiger partial charge in [-0.25, -0.2) is 9.97 Å². The van der Waals surface area contributed by atoms with Crippen LogP contribution in [0.1, 0.15) is 44.6 Å². The molecule has 8 heteroatoms. The van der Waals surface area contributed by atoms with Gasteiger partial charge in [0.25, 0.3) is 0 Å². The zero-order valence-corrected chi connectivity index (χ0v) is 18.2. The predicted molar refractivity (Wildman–Crippen MR) is 108 cm³/mol. The van der Waals surface area contributed by atoms with Gasteiger partial charge in [0.15, 0.2) is 0 Å². The number of hydrogen-bond acceptors (Lipinski definition) is 6. The first-order chi connectivity index (χ1) is 13.0. The van der Waals surface area contributed by atoms with Gasteiger partial charge in [-0.1, -0.05) is 20.8 Å². The normalized spacial score (nSPS) is 17.2. The molecule has 156 valence electrons. The van der Waals surface area contributed by atoms with Crippen LogP contribution in [0.5, 0.6) is 0 Å². The Hall–Kier alpha value is -2.22. The Morgan fingerprint density at radius 3 is 2.54 bits per heavy atom. The summed E-state index contributed by atoms with van der Waals surface area (Å²) in [4.78, 5) is 39.5. The van der Waals surface area contributed by atoms with Crippen molar-refractivity contribution >= 4 is 17.6 Å². The van der Waals surface area contributed by atoms with Crippen molar-refractivity contribution in [3.8, 4) is 0 Å². The van der Waals surface area contributed by atoms with Gasteiger partial charge in [0, 0.05) is 65.2 Å². The monoisotopic (exact) mass is 391 g/mol. The third-order valence-electron chi connectivity index (χ3n) is 4.80. The maximum absolute atomic E-state index is 12.5. The largest absolute Gasteiger partial charge is 0.383 e. The lowest BCUT2D eigenvalue weighted by molar-refractivity contribution is -0.138. The van der Waals surface area contributed by atoms with Crippen LogP contribution in [0, 0.1) is 5.41 Å². The summed E-state index contributed by atoms with van der Waals surface area (Å²) in [7, 11) is 7.24. The van der Waals surface area contributed by atoms with Gasteiger partial charge in [-0.2, -0.15) is 0 Å². The Morgan fingerprint density at radius 1 is 1.29 bits per heavy atom. The van der Waals surface area contributed by atoms with E-state index >= 15 is 0 Å². The highest BCUT2D eigenvalue weighted by Crippen LogP contribution is 2.29. The van der Waals surface area contributed by atoms with Gasteiger partial charge in [0.1, 0.15) is 11.6 Å². The Balaban J connectivity index is 2.24. The second-order valence-corrected chi connectivity index (χ2v) is 8.61. The van der Waals surface area contributed by atoms with Crippen molar-refractivity contribution in [2.24, 2.45) is 5.41 Å². The second kappa shape index (κ2) is 8.86. The van der Waals surface area contributed by atoms with Crippen molar-refractivity contribution in [3.63, 3.8) is 0 Å². The Labute approximate surface area is 167 Å². The Morgan fingerprint density at radius 2 is 1.96 bits per heavy atom. The molecule has 0 aromatic carbocycles. The minimum atomic E-state index is -0.462. The van der Waals surface area contributed by atoms with E-state index in [-0.39, 0.29) is 17.7 Å². The molecule has 2 heterocycles. The number of likely N-dealkylation sites (tertiary alicyclic amines) is 1. The first-order valence-corrected chi connectivity index (χ1v) is 9.60. The van der Waals surface area contributed by atoms with Gasteiger partial charge in [-0.05, 0) is 0 Å². The van der Waals surface area contributed by atoms with Crippen LogP contribution in [0.25, 0.3) is 0 Å². The number of ether oxygens (including phenoxy) is 1. The topological polar surface area (TPSA) is 78.9 Å². The number of amides is 2. The lowest BCUT2D eigenvalue weighted by Crippen LogP contribution is -2.36. The van der Waals surface area contributed by atoms with Crippen molar-refractivity contribution in [1.29, 1.82) is 0 Å². The summed E-state index contributed by atoms with van der Waals surface area (Å²) in [6.07, 6.45) is 0.434. The number of anilines is 1. The van der Waals surface area contributed by atoms with Gasteiger partial charge in [-0.3, -0.25) is 9.59 Å². The molecule has 0 bridgehead atoms. The van der Waals surface area contributed by atoms with Crippen molar-refractivity contribution < 1.29 is 14.3 Å². The lowest BCUT2D eigenvalue weighted by atomic mass is 9.95. The maximum atomic E-state index is 12.5. The molecule has 0 spiro atoms. The summed E-state index contributed by atoms with van der Waals surface area (Å²) in [6.45, 7) is 7.76. The zero-order valence-electron chi connectivity index (χ0n) is 18.2. The average Bonchev–Trinajstić information content (AvgIpc) is 2.98. The van der Waals surface area contributed by atoms with Gasteiger partial charge in [-0.15, -0.1) is 0 Å². The third-order valence-corrected chi connectivity index (χ3v) is 4.80. The highest BCUT2D eigenvalue weighted by Gasteiger charge is 2.32. The summed E-state index contributed by atoms with van der Waals surface area (Å²) in [5.41, 5.74) is 0.384. The molecule has 1 unspecified atom stereocenters. The van der Waals surface area contributed by atoms with Crippen LogP contribution in [0.3, 0.4) is 0 Å². The molecule has 1 aliphatic heterocycles. The number of carbonyl (C=O) groups excluding carboxylic acids is 2. The van der Waals surface area contributed by atoms with Crippen molar-refractivity contribution in [1.82, 2.24) is 19.8 Å². The molecular formula is C20H33N5O3. The van der Waals surface area contributed by atoms with E-state index in [1.807, 2.05) is 50.7 Å². The Kier molecular flexibility index (Phi) is 6.98. The fourth-order valence-corrected chi connectivity index (χ4v) is 3.26. The van der Waals surface area contributed by atoms with Gasteiger partial charge in [0.2, 0.25) is 11.8 Å². The smallest absolute Gasteiger partial charge is 0.228 e. The summed E-state index contributed by atoms with van der Waals surface area (Å²) >= 11 is 0. The quantitative estimate of drug-likeness (QED) is 0.701. The molecular weight excluding hydrogens is 358 g/mol. The fraction of sp³-hybridized carbons (Fsp3) is 0.700. The number of methoxy groups -OCH3 is 1. The number of rotatable bonds is 7. The van der Waals surface area contributed by atoms with Crippen LogP contribution in [-0.2, 0) is 20.9 Å². The average molecular weight is 392 g/mol. The van der Waals surface area contributed by atoms with E-state index in [0.717, 1.165) is 11.5 Å². The minimum Gasteiger partial charge on any atom is -0.383 e. The summed E-state index contributed by atoms with van der Waals surface area (Å²) in [6, 6.07) is 1.94. The van der Waals surface area contributed by atoms with Crippen LogP contribution in [0.15, 0.2) is 6.07 Å². The van der Waals surface area contributed by atoms with Crippen molar-refractivity contribution in [2.45, 2.75) is 39.7 Å². The van der Waals surface area contributed by atoms with E-state index in [2.05, 4.69) is 4.98 Å². The molecule has 1 fully saturated rings. The van der Waals surface area contributed by atoms with Crippen molar-refractivity contribution in [2.75, 3.05) is 52.8 Å². The van der Waals surface area contributed by atoms with Gasteiger partial charge >= 0.3 is 0 Å². The lowest BCUT2D eigenvalue weighted by Gasteiger charge is -2.26. The molecule has 1 atom stereocenters. The summed E-state index contributed by atoms with van der Waals surface area (Å²) < 4.78 is 5.09. The van der Waals surface area contributed by atoms with Gasteiger partial charge < -0.3 is 19.4 Å². The van der Waals surface area contributed by atoms with E-state index in [1.165, 1.54) is 0 Å². The van der Waals surface area contributed by atoms with E-state index in [0.29, 0.717) is 38.5 Å². The first kappa shape index (κ1) is 22.1. The molecule has 0 N–H and O–H groups in total. The van der Waals surface area contributed by atoms with Crippen LogP contribution in [0.2, 0.25) is 0 Å². The SMILES string of the molecule is COCCN1CC(c2cc(N(C)C)nc(CN(C)C(=O)C(C)(C)C)n2)CC1=O. The van der Waals surface area contributed by atoms with E-state index in [1.54, 1.807) is 19.1 Å². The highest BCUT2D eigenvalue weighted by atomic mass is 16.5. The summed E-state index contributed by atoms with van der Waals surface area (Å²) in [5.74, 6) is 1.54. The molecule has 0 saturated carbocycles. The van der Waals surface area contributed by atoms with E-state index in [9.17, 15) is 9.59 Å². The van der Waals surface area contributed by atoms with E-state index in [4.69, 9.17) is 9.72 Å². The maximum Gasteiger partial charge on any atom is 0.228 e. The standard InChI is InChI=1S/C20H33N5O3/c1-20(2,3)19(27)24(6)13-16-21-15(11-17(22-16)23(4)5)14-10-18(26)25(12-14)8-9-28-7/h11,14H,8-10,12-13H2,1-7H3. The second-order valence-electron chi connectivity index (χ2n) is 8.61. The summed E-state index contributed by atoms with van der Waals surface area (Å²) in [5, 5.41) is 0. The minimum absolute atomic E-state index is 0.0217. The molecule has 2 rings (SSSR count). The molecule has 1 aliphatic rings. The number of nitrogens with zero attached hydrogens (tertiary/aromatic N) is 5. The van der Waals surface area contributed by atoms with Crippen molar-refractivity contribution in [3.05, 3.63) is 17.6 Å². The molecule has 1 aromatic rings. The van der Waals surface area contributed by atoms with E-state index < -0.39 is 5.41 Å². The molecule has 1 aromatic heterocycles. The van der Waals surface area contributed by atoms with Crippen LogP contribution >= 0.6 is 0 Å². The first-order valence-electron chi connectivity index (χ1n) is 9.60. The number of carbonyl (C=O) groups is 2. The molecule has 2 amide bonds. The number of hydrogen-bond donors (Lipinski definition) is 0. The molecule has 1 saturated heterocycles. The van der Waals surface area contributed by atoms with Crippen LogP contribution < -0.4 is 4.90 Å². The number of aromatic nitrogens is 2. The Bertz CT molecular complexity index is 714. The highest BCUT2D eigenvalue weighted by molar-refractivity contribution is 5.81. The third kappa shape index (κ3) is 5.41. The molecule has 8 nitrogen and oxygen atoms in total. The van der Waals surface area contributed by atoms with Gasteiger partial charge in [0.05, 0.1) is 18.8 Å². The molecule has 0 radical (unpaired) electrons.